The fourth-order valence-corrected chi connectivity index (χ4v) is 5.07. The third-order valence-electron chi connectivity index (χ3n) is 7.03. The van der Waals surface area contributed by atoms with E-state index >= 15 is 0 Å². The Morgan fingerprint density at radius 2 is 1.73 bits per heavy atom. The van der Waals surface area contributed by atoms with E-state index in [1.165, 1.54) is 7.11 Å². The molecular formula is C21H15F6N7O3. The summed E-state index contributed by atoms with van der Waals surface area (Å²) in [6, 6.07) is 0.945. The van der Waals surface area contributed by atoms with Gasteiger partial charge in [0.05, 0.1) is 22.6 Å². The molecule has 5 heterocycles. The minimum absolute atomic E-state index is 0.00575. The van der Waals surface area contributed by atoms with Crippen molar-refractivity contribution in [1.82, 2.24) is 24.7 Å². The molecule has 1 saturated carbocycles. The van der Waals surface area contributed by atoms with Gasteiger partial charge in [-0.3, -0.25) is 9.59 Å². The molecule has 2 aliphatic heterocycles. The van der Waals surface area contributed by atoms with Crippen molar-refractivity contribution in [2.75, 3.05) is 17.7 Å². The van der Waals surface area contributed by atoms with Gasteiger partial charge in [0.1, 0.15) is 23.1 Å². The Morgan fingerprint density at radius 3 is 2.32 bits per heavy atom. The molecule has 6 rings (SSSR count). The van der Waals surface area contributed by atoms with Crippen molar-refractivity contribution in [3.05, 3.63) is 23.6 Å². The molecule has 0 saturated heterocycles. The van der Waals surface area contributed by atoms with Crippen molar-refractivity contribution in [1.29, 1.82) is 0 Å². The lowest BCUT2D eigenvalue weighted by atomic mass is 9.76. The van der Waals surface area contributed by atoms with Gasteiger partial charge in [-0.15, -0.1) is 0 Å². The van der Waals surface area contributed by atoms with Crippen LogP contribution in [0.4, 0.5) is 38.0 Å². The number of aryl methyl sites for hydroxylation is 1. The number of carbonyl (C=O) groups is 2. The number of aromatic nitrogens is 5. The Kier molecular flexibility index (Phi) is 4.55. The molecule has 37 heavy (non-hydrogen) atoms. The second-order valence-corrected chi connectivity index (χ2v) is 9.04. The van der Waals surface area contributed by atoms with E-state index in [1.54, 1.807) is 0 Å². The van der Waals surface area contributed by atoms with Crippen molar-refractivity contribution >= 4 is 34.5 Å². The average Bonchev–Trinajstić information content (AvgIpc) is 3.46. The summed E-state index contributed by atoms with van der Waals surface area (Å²) in [5.41, 5.74) is -2.97. The first-order valence-corrected chi connectivity index (χ1v) is 10.9. The number of halogens is 6. The van der Waals surface area contributed by atoms with Gasteiger partial charge in [0, 0.05) is 20.1 Å². The normalized spacial score (nSPS) is 21.8. The number of amides is 2. The van der Waals surface area contributed by atoms with Gasteiger partial charge in [0.2, 0.25) is 5.91 Å². The average molecular weight is 527 g/mol. The third-order valence-corrected chi connectivity index (χ3v) is 7.03. The molecule has 0 unspecified atom stereocenters. The van der Waals surface area contributed by atoms with Crippen LogP contribution in [0.2, 0.25) is 0 Å². The van der Waals surface area contributed by atoms with E-state index in [1.807, 2.05) is 0 Å². The number of hydrogen-bond donors (Lipinski definition) is 2. The number of pyridine rings is 1. The van der Waals surface area contributed by atoms with Crippen molar-refractivity contribution in [3.63, 3.8) is 0 Å². The van der Waals surface area contributed by atoms with Crippen molar-refractivity contribution in [2.24, 2.45) is 5.41 Å². The van der Waals surface area contributed by atoms with Gasteiger partial charge in [-0.1, -0.05) is 0 Å². The molecule has 1 atom stereocenters. The molecule has 0 bridgehead atoms. The first-order valence-electron chi connectivity index (χ1n) is 10.9. The van der Waals surface area contributed by atoms with Gasteiger partial charge in [0.15, 0.2) is 17.1 Å². The zero-order chi connectivity index (χ0) is 26.5. The number of anilines is 2. The molecular weight excluding hydrogens is 512 g/mol. The number of ether oxygens (including phenoxy) is 1. The smallest absolute Gasteiger partial charge is 0.362 e. The molecule has 3 aliphatic rings. The molecule has 0 aromatic carbocycles. The van der Waals surface area contributed by atoms with Gasteiger partial charge < -0.3 is 15.4 Å². The van der Waals surface area contributed by atoms with E-state index in [0.29, 0.717) is 12.8 Å². The first-order chi connectivity index (χ1) is 17.3. The van der Waals surface area contributed by atoms with Crippen LogP contribution in [0.1, 0.15) is 24.8 Å². The van der Waals surface area contributed by atoms with Crippen LogP contribution in [0.25, 0.3) is 22.6 Å². The summed E-state index contributed by atoms with van der Waals surface area (Å²) in [6.45, 7) is -0.914. The van der Waals surface area contributed by atoms with Crippen LogP contribution in [-0.4, -0.2) is 55.8 Å². The monoisotopic (exact) mass is 527 g/mol. The molecule has 1 spiro atoms. The van der Waals surface area contributed by atoms with Crippen LogP contribution in [-0.2, 0) is 26.5 Å². The van der Waals surface area contributed by atoms with Gasteiger partial charge in [-0.2, -0.15) is 27.1 Å². The lowest BCUT2D eigenvalue weighted by molar-refractivity contribution is -0.285. The minimum atomic E-state index is -5.77. The molecule has 3 aromatic heterocycles. The van der Waals surface area contributed by atoms with Crippen LogP contribution < -0.4 is 10.6 Å². The van der Waals surface area contributed by atoms with Crippen molar-refractivity contribution in [2.45, 2.75) is 43.5 Å². The fourth-order valence-electron chi connectivity index (χ4n) is 5.07. The van der Waals surface area contributed by atoms with Crippen LogP contribution in [0, 0.1) is 11.2 Å². The molecule has 1 aliphatic carbocycles. The van der Waals surface area contributed by atoms with E-state index in [2.05, 4.69) is 30.7 Å². The highest BCUT2D eigenvalue weighted by atomic mass is 19.4. The summed E-state index contributed by atoms with van der Waals surface area (Å²) in [6.07, 6.45) is -5.88. The van der Waals surface area contributed by atoms with Crippen LogP contribution in [0.5, 0.6) is 0 Å². The number of rotatable bonds is 5. The number of methoxy groups -OCH3 is 1. The SMILES string of the molecule is CO[C@]12C(=O)Nc3nc(-c4nn(CCC(F)(F)C(F)(F)F)c5ncc(F)cc45)nc(c31)NC(=O)C21CC1. The summed E-state index contributed by atoms with van der Waals surface area (Å²) in [5, 5.41) is 9.17. The predicted octanol–water partition coefficient (Wildman–Crippen LogP) is 3.14. The summed E-state index contributed by atoms with van der Waals surface area (Å²) < 4.78 is 85.5. The number of carbonyl (C=O) groups excluding carboxylic acids is 2. The Bertz CT molecular complexity index is 1520. The number of fused-ring (bicyclic) bond motifs is 2. The Morgan fingerprint density at radius 1 is 1.08 bits per heavy atom. The van der Waals surface area contributed by atoms with Gasteiger partial charge in [-0.05, 0) is 18.9 Å². The minimum Gasteiger partial charge on any atom is -0.362 e. The second-order valence-electron chi connectivity index (χ2n) is 9.04. The number of hydrogen-bond acceptors (Lipinski definition) is 7. The number of nitrogens with zero attached hydrogens (tertiary/aromatic N) is 5. The van der Waals surface area contributed by atoms with Gasteiger partial charge in [0.25, 0.3) is 5.91 Å². The zero-order valence-electron chi connectivity index (χ0n) is 18.7. The first kappa shape index (κ1) is 23.6. The third kappa shape index (κ3) is 2.98. The van der Waals surface area contributed by atoms with Crippen molar-refractivity contribution < 1.29 is 40.7 Å². The summed E-state index contributed by atoms with van der Waals surface area (Å²) in [7, 11) is 1.28. The van der Waals surface area contributed by atoms with Gasteiger partial charge in [-0.25, -0.2) is 24.0 Å². The van der Waals surface area contributed by atoms with E-state index in [9.17, 15) is 35.9 Å². The second kappa shape index (κ2) is 7.14. The standard InChI is InChI=1S/C21H15F6N7O3/c1-37-20-10-12(31-16(35)18(20)2-3-18)29-14(30-13(10)32-17(20)36)11-9-6-8(22)7-28-15(9)34(33-11)5-4-19(23,24)21(25,26)27/h6-7H,2-5H2,1H3,(H2,29,30,31,32,35,36)/t20-/m0/s1. The maximum atomic E-state index is 14.0. The lowest BCUT2D eigenvalue weighted by Gasteiger charge is -2.37. The molecule has 0 radical (unpaired) electrons. The van der Waals surface area contributed by atoms with Crippen LogP contribution in [0.15, 0.2) is 12.3 Å². The molecule has 194 valence electrons. The zero-order valence-corrected chi connectivity index (χ0v) is 18.7. The molecule has 1 fully saturated rings. The van der Waals surface area contributed by atoms with E-state index in [4.69, 9.17) is 4.74 Å². The largest absolute Gasteiger partial charge is 0.453 e. The topological polar surface area (TPSA) is 124 Å². The summed E-state index contributed by atoms with van der Waals surface area (Å²) in [4.78, 5) is 38.3. The Labute approximate surface area is 202 Å². The Balaban J connectivity index is 1.48. The van der Waals surface area contributed by atoms with Crippen molar-refractivity contribution in [3.8, 4) is 11.5 Å². The predicted molar refractivity (Wildman–Crippen MR) is 112 cm³/mol. The highest BCUT2D eigenvalue weighted by Gasteiger charge is 2.75. The van der Waals surface area contributed by atoms with E-state index in [-0.39, 0.29) is 39.8 Å². The van der Waals surface area contributed by atoms with Gasteiger partial charge >= 0.3 is 12.1 Å². The fraction of sp³-hybridized carbons (Fsp3) is 0.429. The maximum absolute atomic E-state index is 14.0. The van der Waals surface area contributed by atoms with E-state index < -0.39 is 53.7 Å². The molecule has 2 amide bonds. The summed E-state index contributed by atoms with van der Waals surface area (Å²) >= 11 is 0. The number of nitrogens with one attached hydrogen (secondary N) is 2. The maximum Gasteiger partial charge on any atom is 0.453 e. The molecule has 2 N–H and O–H groups in total. The summed E-state index contributed by atoms with van der Waals surface area (Å²) in [5.74, 6) is -7.29. The lowest BCUT2D eigenvalue weighted by Crippen LogP contribution is -2.53. The van der Waals surface area contributed by atoms with Crippen LogP contribution in [0.3, 0.4) is 0 Å². The van der Waals surface area contributed by atoms with Crippen LogP contribution >= 0.6 is 0 Å². The highest BCUT2D eigenvalue weighted by molar-refractivity contribution is 6.16. The highest BCUT2D eigenvalue weighted by Crippen LogP contribution is 2.66. The quantitative estimate of drug-likeness (QED) is 0.489. The molecule has 3 aromatic rings. The molecule has 10 nitrogen and oxygen atoms in total. The van der Waals surface area contributed by atoms with E-state index in [0.717, 1.165) is 16.9 Å². The molecule has 16 heteroatoms. The Hall–Kier alpha value is -3.82. The number of alkyl halides is 5.